The molecule has 1 amide bonds. The monoisotopic (exact) mass is 270 g/mol. The maximum atomic E-state index is 11.6. The second-order valence-corrected chi connectivity index (χ2v) is 6.27. The van der Waals surface area contributed by atoms with Gasteiger partial charge < -0.3 is 10.6 Å². The van der Waals surface area contributed by atoms with Crippen LogP contribution in [0.5, 0.6) is 0 Å². The van der Waals surface area contributed by atoms with Gasteiger partial charge in [0.2, 0.25) is 5.91 Å². The Bertz CT molecular complexity index is 332. The third kappa shape index (κ3) is 4.67. The molecule has 96 valence electrons. The Morgan fingerprint density at radius 3 is 2.62 bits per heavy atom. The molecule has 7 heteroatoms. The fraction of sp³-hybridized carbons (Fsp3) is 0.889. The van der Waals surface area contributed by atoms with Gasteiger partial charge in [0.05, 0.1) is 0 Å². The summed E-state index contributed by atoms with van der Waals surface area (Å²) in [5, 5.41) is 0. The zero-order valence-corrected chi connectivity index (χ0v) is 11.0. The first-order chi connectivity index (χ1) is 6.94. The van der Waals surface area contributed by atoms with Crippen molar-refractivity contribution in [3.63, 3.8) is 0 Å². The summed E-state index contributed by atoms with van der Waals surface area (Å²) in [6.07, 6.45) is 1.77. The van der Waals surface area contributed by atoms with E-state index in [4.69, 9.17) is 5.73 Å². The maximum Gasteiger partial charge on any atom is 0.237 e. The number of amides is 1. The average Bonchev–Trinajstić information content (AvgIpc) is 2.17. The molecule has 0 aromatic heterocycles. The van der Waals surface area contributed by atoms with Crippen molar-refractivity contribution in [2.75, 3.05) is 24.6 Å². The lowest BCUT2D eigenvalue weighted by atomic mass is 10.1. The van der Waals surface area contributed by atoms with E-state index >= 15 is 0 Å². The van der Waals surface area contributed by atoms with Gasteiger partial charge in [0.25, 0.3) is 0 Å². The first-order valence-electron chi connectivity index (χ1n) is 5.18. The van der Waals surface area contributed by atoms with Crippen molar-refractivity contribution >= 4 is 28.2 Å². The largest absolute Gasteiger partial charge is 0.340 e. The number of rotatable bonds is 3. The summed E-state index contributed by atoms with van der Waals surface area (Å²) in [6.45, 7) is 2.66. The van der Waals surface area contributed by atoms with E-state index in [1.165, 1.54) is 0 Å². The summed E-state index contributed by atoms with van der Waals surface area (Å²) in [5.41, 5.74) is 5.72. The summed E-state index contributed by atoms with van der Waals surface area (Å²) >= 11 is 0. The Balaban J connectivity index is 0.00000225. The van der Waals surface area contributed by atoms with Crippen LogP contribution < -0.4 is 5.73 Å². The van der Waals surface area contributed by atoms with Crippen molar-refractivity contribution in [3.8, 4) is 0 Å². The first kappa shape index (κ1) is 15.7. The molecule has 1 rings (SSSR count). The van der Waals surface area contributed by atoms with Gasteiger partial charge in [-0.3, -0.25) is 4.79 Å². The number of halogens is 1. The smallest absolute Gasteiger partial charge is 0.237 e. The molecule has 0 bridgehead atoms. The van der Waals surface area contributed by atoms with E-state index < -0.39 is 9.84 Å². The molecule has 0 spiro atoms. The van der Waals surface area contributed by atoms with Crippen LogP contribution in [0.25, 0.3) is 0 Å². The lowest BCUT2D eigenvalue weighted by Gasteiger charge is -2.30. The topological polar surface area (TPSA) is 80.5 Å². The average molecular weight is 271 g/mol. The molecule has 0 aliphatic carbocycles. The SMILES string of the molecule is CCS(=O)(=O)CC(=O)N1CCC[C@@H](N)C1.Cl. The zero-order chi connectivity index (χ0) is 11.5. The van der Waals surface area contributed by atoms with Crippen LogP contribution in [0.4, 0.5) is 0 Å². The van der Waals surface area contributed by atoms with Crippen LogP contribution in [0, 0.1) is 0 Å². The second kappa shape index (κ2) is 6.42. The van der Waals surface area contributed by atoms with E-state index in [9.17, 15) is 13.2 Å². The summed E-state index contributed by atoms with van der Waals surface area (Å²) < 4.78 is 22.5. The number of piperidine rings is 1. The summed E-state index contributed by atoms with van der Waals surface area (Å²) in [7, 11) is -3.22. The number of likely N-dealkylation sites (tertiary alicyclic amines) is 1. The van der Waals surface area contributed by atoms with Crippen molar-refractivity contribution < 1.29 is 13.2 Å². The Hall–Kier alpha value is -0.330. The van der Waals surface area contributed by atoms with Crippen molar-refractivity contribution in [1.82, 2.24) is 4.90 Å². The lowest BCUT2D eigenvalue weighted by Crippen LogP contribution is -2.47. The molecule has 1 heterocycles. The molecule has 1 aliphatic rings. The Morgan fingerprint density at radius 1 is 1.50 bits per heavy atom. The molecular formula is C9H19ClN2O3S. The van der Waals surface area contributed by atoms with Crippen molar-refractivity contribution in [2.24, 2.45) is 5.73 Å². The minimum absolute atomic E-state index is 0. The molecular weight excluding hydrogens is 252 g/mol. The highest BCUT2D eigenvalue weighted by Crippen LogP contribution is 2.09. The minimum atomic E-state index is -3.22. The summed E-state index contributed by atoms with van der Waals surface area (Å²) in [4.78, 5) is 13.2. The molecule has 1 atom stereocenters. The highest BCUT2D eigenvalue weighted by molar-refractivity contribution is 7.92. The number of carbonyl (C=O) groups excluding carboxylic acids is 1. The number of sulfone groups is 1. The number of nitrogens with two attached hydrogens (primary N) is 1. The van der Waals surface area contributed by atoms with Gasteiger partial charge >= 0.3 is 0 Å². The zero-order valence-electron chi connectivity index (χ0n) is 9.39. The third-order valence-corrected chi connectivity index (χ3v) is 4.16. The fourth-order valence-electron chi connectivity index (χ4n) is 1.62. The maximum absolute atomic E-state index is 11.6. The molecule has 1 aliphatic heterocycles. The van der Waals surface area contributed by atoms with Crippen LogP contribution in [0.3, 0.4) is 0 Å². The fourth-order valence-corrected chi connectivity index (χ4v) is 2.38. The standard InChI is InChI=1S/C9H18N2O3S.ClH/c1-2-15(13,14)7-9(12)11-5-3-4-8(10)6-11;/h8H,2-7,10H2,1H3;1H/t8-;/m1./s1. The Labute approximate surface area is 103 Å². The molecule has 0 aromatic rings. The van der Waals surface area contributed by atoms with Crippen molar-refractivity contribution in [3.05, 3.63) is 0 Å². The molecule has 5 nitrogen and oxygen atoms in total. The molecule has 2 N–H and O–H groups in total. The molecule has 0 unspecified atom stereocenters. The van der Waals surface area contributed by atoms with Gasteiger partial charge in [0.15, 0.2) is 9.84 Å². The molecule has 0 radical (unpaired) electrons. The van der Waals surface area contributed by atoms with Gasteiger partial charge in [-0.2, -0.15) is 0 Å². The molecule has 1 saturated heterocycles. The number of hydrogen-bond acceptors (Lipinski definition) is 4. The van der Waals surface area contributed by atoms with Gasteiger partial charge in [-0.1, -0.05) is 6.92 Å². The van der Waals surface area contributed by atoms with E-state index in [1.807, 2.05) is 0 Å². The summed E-state index contributed by atoms with van der Waals surface area (Å²) in [5.74, 6) is -0.679. The van der Waals surface area contributed by atoms with Gasteiger partial charge in [0.1, 0.15) is 5.75 Å². The molecule has 16 heavy (non-hydrogen) atoms. The Morgan fingerprint density at radius 2 is 2.12 bits per heavy atom. The van der Waals surface area contributed by atoms with Gasteiger partial charge in [-0.05, 0) is 12.8 Å². The highest BCUT2D eigenvalue weighted by atomic mass is 35.5. The van der Waals surface area contributed by atoms with Crippen LogP contribution in [-0.4, -0.2) is 49.9 Å². The van der Waals surface area contributed by atoms with Gasteiger partial charge in [-0.25, -0.2) is 8.42 Å². The number of hydrogen-bond donors (Lipinski definition) is 1. The van der Waals surface area contributed by atoms with Gasteiger partial charge in [0, 0.05) is 24.9 Å². The highest BCUT2D eigenvalue weighted by Gasteiger charge is 2.24. The minimum Gasteiger partial charge on any atom is -0.340 e. The number of nitrogens with zero attached hydrogens (tertiary/aromatic N) is 1. The predicted molar refractivity (Wildman–Crippen MR) is 65.4 cm³/mol. The first-order valence-corrected chi connectivity index (χ1v) is 7.00. The lowest BCUT2D eigenvalue weighted by molar-refractivity contribution is -0.129. The van der Waals surface area contributed by atoms with Gasteiger partial charge in [-0.15, -0.1) is 12.4 Å². The summed E-state index contributed by atoms with van der Waals surface area (Å²) in [6, 6.07) is -0.00738. The predicted octanol–water partition coefficient (Wildman–Crippen LogP) is -0.207. The van der Waals surface area contributed by atoms with Crippen molar-refractivity contribution in [1.29, 1.82) is 0 Å². The van der Waals surface area contributed by atoms with E-state index in [1.54, 1.807) is 11.8 Å². The van der Waals surface area contributed by atoms with E-state index in [-0.39, 0.29) is 35.9 Å². The van der Waals surface area contributed by atoms with Crippen molar-refractivity contribution in [2.45, 2.75) is 25.8 Å². The number of carbonyl (C=O) groups is 1. The van der Waals surface area contributed by atoms with Crippen LogP contribution in [0.1, 0.15) is 19.8 Å². The Kier molecular flexibility index (Phi) is 6.28. The third-order valence-electron chi connectivity index (χ3n) is 2.59. The molecule has 0 saturated carbocycles. The quantitative estimate of drug-likeness (QED) is 0.770. The van der Waals surface area contributed by atoms with E-state index in [2.05, 4.69) is 0 Å². The second-order valence-electron chi connectivity index (χ2n) is 3.92. The normalized spacial score (nSPS) is 21.4. The van der Waals surface area contributed by atoms with Crippen LogP contribution in [-0.2, 0) is 14.6 Å². The van der Waals surface area contributed by atoms with E-state index in [0.717, 1.165) is 12.8 Å². The van der Waals surface area contributed by atoms with Crippen LogP contribution >= 0.6 is 12.4 Å². The van der Waals surface area contributed by atoms with E-state index in [0.29, 0.717) is 13.1 Å². The van der Waals surface area contributed by atoms with Crippen LogP contribution in [0.15, 0.2) is 0 Å². The molecule has 1 fully saturated rings. The molecule has 0 aromatic carbocycles. The van der Waals surface area contributed by atoms with Crippen LogP contribution in [0.2, 0.25) is 0 Å².